The van der Waals surface area contributed by atoms with Crippen LogP contribution in [0, 0.1) is 20.8 Å². The van der Waals surface area contributed by atoms with Gasteiger partial charge < -0.3 is 0 Å². The molecule has 236 valence electrons. The summed E-state index contributed by atoms with van der Waals surface area (Å²) in [5.74, 6) is 2.50. The molecule has 3 aromatic carbocycles. The van der Waals surface area contributed by atoms with Gasteiger partial charge in [0.1, 0.15) is 0 Å². The first-order chi connectivity index (χ1) is 21.0. The molecule has 3 aromatic rings. The summed E-state index contributed by atoms with van der Waals surface area (Å²) in [6, 6.07) is 24.5. The predicted octanol–water partition coefficient (Wildman–Crippen LogP) is 12.7. The molecule has 0 atom stereocenters. The average Bonchev–Trinajstić information content (AvgIpc) is 3.00. The fourth-order valence-corrected chi connectivity index (χ4v) is 8.13. The summed E-state index contributed by atoms with van der Waals surface area (Å²) in [4.78, 5) is 0. The van der Waals surface area contributed by atoms with E-state index in [4.69, 9.17) is 13.6 Å². The fourth-order valence-electron chi connectivity index (χ4n) is 5.32. The number of hydrogen-bond donors (Lipinski definition) is 0. The first-order valence-electron chi connectivity index (χ1n) is 16.9. The molecule has 3 rings (SSSR count). The van der Waals surface area contributed by atoms with Gasteiger partial charge in [0.05, 0.1) is 0 Å². The number of hydrogen-bond acceptors (Lipinski definition) is 3. The van der Waals surface area contributed by atoms with E-state index in [0.29, 0.717) is 0 Å². The minimum atomic E-state index is -3.23. The Hall–Kier alpha value is -2.77. The Morgan fingerprint density at radius 3 is 1.21 bits per heavy atom. The van der Waals surface area contributed by atoms with Gasteiger partial charge in [0.2, 0.25) is 0 Å². The van der Waals surface area contributed by atoms with Crippen LogP contribution in [0.5, 0.6) is 17.2 Å². The molecule has 0 amide bonds. The second-order valence-electron chi connectivity index (χ2n) is 12.0. The molecule has 0 aliphatic heterocycles. The van der Waals surface area contributed by atoms with Gasteiger partial charge in [0.25, 0.3) is 0 Å². The van der Waals surface area contributed by atoms with E-state index in [1.165, 1.54) is 77.0 Å². The average molecular weight is 605 g/mol. The standard InChI is InChI=1S/C39H57O3P/c1-5-6-7-8-9-10-11-12-13-14-15-16-17-18-19-26-33-43(40-37-30-23-20-27-34(37)2,41-38-31-24-21-28-35(38)3)42-39-32-25-22-29-36(39)4/h12-13,20-25,27-32,43H,5-11,14-19,26,33H2,1-4H3/b13-12-. The van der Waals surface area contributed by atoms with E-state index in [1.807, 2.05) is 54.6 Å². The summed E-state index contributed by atoms with van der Waals surface area (Å²) in [5.41, 5.74) is 3.26. The van der Waals surface area contributed by atoms with Crippen LogP contribution in [-0.2, 0) is 0 Å². The summed E-state index contributed by atoms with van der Waals surface area (Å²) in [7, 11) is -3.23. The number of rotatable bonds is 22. The van der Waals surface area contributed by atoms with Crippen molar-refractivity contribution in [1.29, 1.82) is 0 Å². The number of unbranched alkanes of at least 4 members (excludes halogenated alkanes) is 12. The van der Waals surface area contributed by atoms with Crippen molar-refractivity contribution < 1.29 is 13.6 Å². The maximum absolute atomic E-state index is 6.86. The summed E-state index contributed by atoms with van der Waals surface area (Å²) >= 11 is 0. The van der Waals surface area contributed by atoms with Crippen molar-refractivity contribution in [3.63, 3.8) is 0 Å². The molecule has 0 N–H and O–H groups in total. The Kier molecular flexibility index (Phi) is 16.3. The van der Waals surface area contributed by atoms with Crippen molar-refractivity contribution in [3.8, 4) is 17.2 Å². The van der Waals surface area contributed by atoms with Crippen LogP contribution in [0.3, 0.4) is 0 Å². The van der Waals surface area contributed by atoms with Gasteiger partial charge in [-0.25, -0.2) is 0 Å². The SMILES string of the molecule is CCCCCCCC/C=C\CCCCCCCC[PH](Oc1ccccc1C)(Oc1ccccc1C)Oc1ccccc1C. The summed E-state index contributed by atoms with van der Waals surface area (Å²) in [5, 5.41) is 0. The molecule has 0 aliphatic carbocycles. The van der Waals surface area contributed by atoms with Gasteiger partial charge in [0.15, 0.2) is 0 Å². The second kappa shape index (κ2) is 20.2. The molecule has 3 nitrogen and oxygen atoms in total. The van der Waals surface area contributed by atoms with Crippen molar-refractivity contribution in [2.75, 3.05) is 6.16 Å². The summed E-state index contributed by atoms with van der Waals surface area (Å²) in [6.45, 7) is 8.53. The van der Waals surface area contributed by atoms with Gasteiger partial charge in [0, 0.05) is 0 Å². The van der Waals surface area contributed by atoms with E-state index in [2.05, 4.69) is 58.0 Å². The maximum atomic E-state index is 6.86. The van der Waals surface area contributed by atoms with E-state index < -0.39 is 7.94 Å². The molecule has 0 bridgehead atoms. The Labute approximate surface area is 263 Å². The van der Waals surface area contributed by atoms with Crippen LogP contribution in [0.25, 0.3) is 0 Å². The topological polar surface area (TPSA) is 27.7 Å². The third kappa shape index (κ3) is 13.2. The molecular weight excluding hydrogens is 547 g/mol. The number of aryl methyl sites for hydroxylation is 3. The third-order valence-electron chi connectivity index (χ3n) is 8.07. The van der Waals surface area contributed by atoms with E-state index in [1.54, 1.807) is 0 Å². The van der Waals surface area contributed by atoms with Crippen molar-refractivity contribution >= 4 is 7.94 Å². The molecule has 0 spiro atoms. The van der Waals surface area contributed by atoms with Crippen molar-refractivity contribution in [2.45, 2.75) is 118 Å². The van der Waals surface area contributed by atoms with Gasteiger partial charge >= 0.3 is 225 Å². The molecule has 0 aromatic heterocycles. The van der Waals surface area contributed by atoms with Gasteiger partial charge in [-0.2, -0.15) is 0 Å². The van der Waals surface area contributed by atoms with Crippen LogP contribution in [0.2, 0.25) is 0 Å². The molecule has 0 heterocycles. The van der Waals surface area contributed by atoms with Crippen LogP contribution in [0.1, 0.15) is 114 Å². The fraction of sp³-hybridized carbons (Fsp3) is 0.487. The Balaban J connectivity index is 1.55. The molecule has 4 heteroatoms. The molecule has 0 saturated heterocycles. The molecule has 0 radical (unpaired) electrons. The number of para-hydroxylation sites is 3. The molecule has 43 heavy (non-hydrogen) atoms. The van der Waals surface area contributed by atoms with Gasteiger partial charge in [-0.15, -0.1) is 0 Å². The van der Waals surface area contributed by atoms with Crippen LogP contribution in [0.4, 0.5) is 0 Å². The van der Waals surface area contributed by atoms with E-state index >= 15 is 0 Å². The second-order valence-corrected chi connectivity index (χ2v) is 14.5. The van der Waals surface area contributed by atoms with E-state index in [-0.39, 0.29) is 0 Å². The molecular formula is C39H57O3P. The summed E-state index contributed by atoms with van der Waals surface area (Å²) in [6.07, 6.45) is 23.5. The van der Waals surface area contributed by atoms with Gasteiger partial charge in [-0.1, -0.05) is 39.0 Å². The van der Waals surface area contributed by atoms with Gasteiger partial charge in [-0.05, 0) is 0 Å². The molecule has 0 saturated carbocycles. The van der Waals surface area contributed by atoms with Crippen LogP contribution in [-0.4, -0.2) is 6.16 Å². The van der Waals surface area contributed by atoms with Crippen molar-refractivity contribution in [1.82, 2.24) is 0 Å². The molecule has 0 fully saturated rings. The zero-order valence-electron chi connectivity index (χ0n) is 27.4. The third-order valence-corrected chi connectivity index (χ3v) is 10.6. The van der Waals surface area contributed by atoms with Crippen LogP contribution < -0.4 is 13.6 Å². The molecule has 0 unspecified atom stereocenters. The first kappa shape index (κ1) is 34.7. The van der Waals surface area contributed by atoms with E-state index in [0.717, 1.165) is 52.9 Å². The quantitative estimate of drug-likeness (QED) is 0.0648. The van der Waals surface area contributed by atoms with Crippen LogP contribution >= 0.6 is 7.94 Å². The summed E-state index contributed by atoms with van der Waals surface area (Å²) < 4.78 is 20.6. The zero-order chi connectivity index (χ0) is 30.6. The Bertz CT molecular complexity index is 1090. The number of benzene rings is 3. The van der Waals surface area contributed by atoms with Crippen LogP contribution in [0.15, 0.2) is 84.9 Å². The number of allylic oxidation sites excluding steroid dienone is 2. The van der Waals surface area contributed by atoms with Crippen molar-refractivity contribution in [3.05, 3.63) is 102 Å². The minimum absolute atomic E-state index is 0.755. The van der Waals surface area contributed by atoms with Crippen molar-refractivity contribution in [2.24, 2.45) is 0 Å². The van der Waals surface area contributed by atoms with E-state index in [9.17, 15) is 0 Å². The molecule has 0 aliphatic rings. The first-order valence-corrected chi connectivity index (χ1v) is 18.8. The monoisotopic (exact) mass is 604 g/mol. The normalized spacial score (nSPS) is 12.0. The van der Waals surface area contributed by atoms with Gasteiger partial charge in [-0.3, -0.25) is 0 Å². The Morgan fingerprint density at radius 1 is 0.465 bits per heavy atom. The predicted molar refractivity (Wildman–Crippen MR) is 188 cm³/mol. The zero-order valence-corrected chi connectivity index (χ0v) is 28.4. The Morgan fingerprint density at radius 2 is 0.814 bits per heavy atom.